The van der Waals surface area contributed by atoms with E-state index in [1.54, 1.807) is 0 Å². The van der Waals surface area contributed by atoms with E-state index in [4.69, 9.17) is 9.97 Å². The highest BCUT2D eigenvalue weighted by Gasteiger charge is 2.22. The zero-order chi connectivity index (χ0) is 38.9. The second kappa shape index (κ2) is 13.3. The molecule has 0 bridgehead atoms. The summed E-state index contributed by atoms with van der Waals surface area (Å²) in [5.41, 5.74) is 16.3. The quantitative estimate of drug-likeness (QED) is 0.170. The summed E-state index contributed by atoms with van der Waals surface area (Å²) in [5, 5.41) is 3.71. The number of hydrogen-bond acceptors (Lipinski definition) is 2. The van der Waals surface area contributed by atoms with Crippen LogP contribution in [0.1, 0.15) is 0 Å². The molecule has 4 heterocycles. The smallest absolute Gasteiger partial charge is 0.160 e. The van der Waals surface area contributed by atoms with E-state index in [1.165, 1.54) is 49.4 Å². The van der Waals surface area contributed by atoms with Gasteiger partial charge in [0.25, 0.3) is 0 Å². The normalized spacial score (nSPS) is 11.7. The highest BCUT2D eigenvalue weighted by Crippen LogP contribution is 2.41. The van der Waals surface area contributed by atoms with Crippen molar-refractivity contribution in [3.8, 4) is 56.4 Å². The van der Waals surface area contributed by atoms with E-state index < -0.39 is 0 Å². The molecule has 0 aliphatic carbocycles. The lowest BCUT2D eigenvalue weighted by Gasteiger charge is -2.13. The summed E-state index contributed by atoms with van der Waals surface area (Å²) in [5.74, 6) is 0.690. The summed E-state index contributed by atoms with van der Waals surface area (Å²) in [4.78, 5) is 10.4. The minimum Gasteiger partial charge on any atom is -0.309 e. The van der Waals surface area contributed by atoms with Crippen molar-refractivity contribution < 1.29 is 0 Å². The van der Waals surface area contributed by atoms with Crippen LogP contribution in [0.5, 0.6) is 0 Å². The Bertz CT molecular complexity index is 3480. The topological polar surface area (TPSA) is 40.0 Å². The zero-order valence-electron chi connectivity index (χ0n) is 31.9. The SMILES string of the molecule is c1ccc(-c2nc(-c3ccc(-n4c5ccccc5n5c6ccccc6c(-c6ccccc6)c45)cc3)cc(-c3cccc(-n4c5ccccc5c5ccccc54)c3)n2)cc1. The molecule has 12 rings (SSSR count). The summed E-state index contributed by atoms with van der Waals surface area (Å²) in [6.45, 7) is 0. The highest BCUT2D eigenvalue weighted by molar-refractivity contribution is 6.10. The van der Waals surface area contributed by atoms with Gasteiger partial charge in [0, 0.05) is 49.8 Å². The molecule has 5 nitrogen and oxygen atoms in total. The van der Waals surface area contributed by atoms with Crippen LogP contribution in [0, 0.1) is 0 Å². The Kier molecular flexibility index (Phi) is 7.47. The van der Waals surface area contributed by atoms with E-state index in [9.17, 15) is 0 Å². The van der Waals surface area contributed by atoms with Gasteiger partial charge in [-0.25, -0.2) is 9.97 Å². The van der Waals surface area contributed by atoms with Crippen molar-refractivity contribution in [1.29, 1.82) is 0 Å². The van der Waals surface area contributed by atoms with Crippen molar-refractivity contribution in [2.75, 3.05) is 0 Å². The number of fused-ring (bicyclic) bond motifs is 8. The van der Waals surface area contributed by atoms with E-state index in [0.717, 1.165) is 50.6 Å². The molecule has 0 aliphatic rings. The number of benzene rings is 8. The molecule has 0 aliphatic heterocycles. The van der Waals surface area contributed by atoms with Gasteiger partial charge in [-0.15, -0.1) is 0 Å². The first-order chi connectivity index (χ1) is 29.3. The van der Waals surface area contributed by atoms with Crippen molar-refractivity contribution in [1.82, 2.24) is 23.5 Å². The van der Waals surface area contributed by atoms with Crippen LogP contribution in [0.4, 0.5) is 0 Å². The Balaban J connectivity index is 1.02. The molecule has 0 N–H and O–H groups in total. The van der Waals surface area contributed by atoms with Gasteiger partial charge >= 0.3 is 0 Å². The first kappa shape index (κ1) is 33.2. The molecular formula is C54H35N5. The Hall–Kier alpha value is -8.02. The van der Waals surface area contributed by atoms with E-state index >= 15 is 0 Å². The minimum absolute atomic E-state index is 0.690. The molecule has 4 aromatic heterocycles. The van der Waals surface area contributed by atoms with E-state index in [2.05, 4.69) is 208 Å². The minimum atomic E-state index is 0.690. The number of rotatable bonds is 6. The number of para-hydroxylation sites is 5. The van der Waals surface area contributed by atoms with E-state index in [-0.39, 0.29) is 0 Å². The van der Waals surface area contributed by atoms with Gasteiger partial charge in [0.15, 0.2) is 5.82 Å². The van der Waals surface area contributed by atoms with E-state index in [1.807, 2.05) is 18.2 Å². The van der Waals surface area contributed by atoms with Crippen molar-refractivity contribution in [3.63, 3.8) is 0 Å². The molecule has 12 aromatic rings. The molecule has 276 valence electrons. The summed E-state index contributed by atoms with van der Waals surface area (Å²) in [7, 11) is 0. The number of hydrogen-bond donors (Lipinski definition) is 0. The molecule has 0 saturated carbocycles. The molecular weight excluding hydrogens is 719 g/mol. The summed E-state index contributed by atoms with van der Waals surface area (Å²) < 4.78 is 7.17. The summed E-state index contributed by atoms with van der Waals surface area (Å²) in [6.07, 6.45) is 0. The van der Waals surface area contributed by atoms with Crippen molar-refractivity contribution in [2.24, 2.45) is 0 Å². The standard InChI is InChI=1S/C54H35N5/c1-3-16-37(17-4-1)52-44-24-9-12-27-49(44)59-51-29-14-13-28-50(51)58(54(52)59)40-32-30-36(31-33-40)45-35-46(56-53(55-45)38-18-5-2-6-19-38)39-20-15-21-41(34-39)57-47-25-10-7-22-42(47)43-23-8-11-26-48(43)57/h1-35H. The molecule has 0 atom stereocenters. The summed E-state index contributed by atoms with van der Waals surface area (Å²) in [6, 6.07) is 75.4. The number of imidazole rings is 1. The molecule has 0 radical (unpaired) electrons. The lowest BCUT2D eigenvalue weighted by Crippen LogP contribution is -1.98. The summed E-state index contributed by atoms with van der Waals surface area (Å²) >= 11 is 0. The van der Waals surface area contributed by atoms with Crippen LogP contribution in [0.15, 0.2) is 212 Å². The Morgan fingerprint density at radius 3 is 1.51 bits per heavy atom. The van der Waals surface area contributed by atoms with Crippen LogP contribution in [0.25, 0.3) is 106 Å². The molecule has 8 aromatic carbocycles. The van der Waals surface area contributed by atoms with Crippen LogP contribution in [0.3, 0.4) is 0 Å². The second-order valence-corrected chi connectivity index (χ2v) is 15.0. The van der Waals surface area contributed by atoms with Crippen molar-refractivity contribution in [3.05, 3.63) is 212 Å². The van der Waals surface area contributed by atoms with Crippen LogP contribution < -0.4 is 0 Å². The number of aromatic nitrogens is 5. The molecule has 0 amide bonds. The third-order valence-corrected chi connectivity index (χ3v) is 11.6. The maximum Gasteiger partial charge on any atom is 0.160 e. The monoisotopic (exact) mass is 753 g/mol. The molecule has 0 fully saturated rings. The van der Waals surface area contributed by atoms with Gasteiger partial charge in [-0.05, 0) is 66.2 Å². The van der Waals surface area contributed by atoms with Crippen molar-refractivity contribution in [2.45, 2.75) is 0 Å². The van der Waals surface area contributed by atoms with Gasteiger partial charge in [-0.2, -0.15) is 0 Å². The predicted octanol–water partition coefficient (Wildman–Crippen LogP) is 13.6. The Morgan fingerprint density at radius 1 is 0.305 bits per heavy atom. The molecule has 0 saturated heterocycles. The maximum atomic E-state index is 5.21. The van der Waals surface area contributed by atoms with E-state index in [0.29, 0.717) is 5.82 Å². The molecule has 59 heavy (non-hydrogen) atoms. The first-order valence-electron chi connectivity index (χ1n) is 20.0. The Labute approximate surface area is 340 Å². The molecule has 5 heteroatoms. The van der Waals surface area contributed by atoms with Crippen LogP contribution in [-0.2, 0) is 0 Å². The van der Waals surface area contributed by atoms with Gasteiger partial charge in [-0.1, -0.05) is 152 Å². The van der Waals surface area contributed by atoms with Gasteiger partial charge in [-0.3, -0.25) is 8.97 Å². The fourth-order valence-corrected chi connectivity index (χ4v) is 9.03. The largest absolute Gasteiger partial charge is 0.309 e. The number of nitrogens with zero attached hydrogens (tertiary/aromatic N) is 5. The molecule has 0 unspecified atom stereocenters. The fourth-order valence-electron chi connectivity index (χ4n) is 9.03. The van der Waals surface area contributed by atoms with Gasteiger partial charge in [0.1, 0.15) is 5.65 Å². The van der Waals surface area contributed by atoms with Gasteiger partial charge in [0.2, 0.25) is 0 Å². The highest BCUT2D eigenvalue weighted by atomic mass is 15.1. The van der Waals surface area contributed by atoms with Gasteiger partial charge in [0.05, 0.1) is 39.0 Å². The average molecular weight is 754 g/mol. The lowest BCUT2D eigenvalue weighted by atomic mass is 10.0. The molecule has 0 spiro atoms. The van der Waals surface area contributed by atoms with Crippen molar-refractivity contribution >= 4 is 49.4 Å². The first-order valence-corrected chi connectivity index (χ1v) is 20.0. The van der Waals surface area contributed by atoms with Crippen LogP contribution in [-0.4, -0.2) is 23.5 Å². The predicted molar refractivity (Wildman–Crippen MR) is 243 cm³/mol. The second-order valence-electron chi connectivity index (χ2n) is 15.0. The van der Waals surface area contributed by atoms with Crippen LogP contribution >= 0.6 is 0 Å². The Morgan fingerprint density at radius 2 is 0.831 bits per heavy atom. The third-order valence-electron chi connectivity index (χ3n) is 11.6. The maximum absolute atomic E-state index is 5.21. The zero-order valence-corrected chi connectivity index (χ0v) is 31.9. The third kappa shape index (κ3) is 5.25. The fraction of sp³-hybridized carbons (Fsp3) is 0. The average Bonchev–Trinajstić information content (AvgIpc) is 3.95. The lowest BCUT2D eigenvalue weighted by molar-refractivity contribution is 1.14. The van der Waals surface area contributed by atoms with Gasteiger partial charge < -0.3 is 4.57 Å². The van der Waals surface area contributed by atoms with Crippen LogP contribution in [0.2, 0.25) is 0 Å².